The first-order chi connectivity index (χ1) is 10.4. The molecule has 2 atom stereocenters. The maximum atomic E-state index is 12.0. The monoisotopic (exact) mass is 345 g/mol. The summed E-state index contributed by atoms with van der Waals surface area (Å²) in [6, 6.07) is 0.622. The van der Waals surface area contributed by atoms with Gasteiger partial charge in [-0.05, 0) is 40.2 Å². The number of aryl methyl sites for hydroxylation is 2. The quantitative estimate of drug-likeness (QED) is 0.621. The third kappa shape index (κ3) is 4.90. The normalized spacial score (nSPS) is 20.7. The Hall–Kier alpha value is -1.67. The lowest BCUT2D eigenvalue weighted by atomic mass is 10.0. The number of nitrogens with zero attached hydrogens (tertiary/aromatic N) is 3. The number of piperidine rings is 1. The second-order valence-electron chi connectivity index (χ2n) is 5.89. The maximum Gasteiger partial charge on any atom is 0.312 e. The number of nitro groups is 1. The van der Waals surface area contributed by atoms with Crippen LogP contribution in [0.4, 0.5) is 5.69 Å². The van der Waals surface area contributed by atoms with Gasteiger partial charge in [-0.15, -0.1) is 12.4 Å². The Balaban J connectivity index is 0.00000264. The number of hydrogen-bond acceptors (Lipinski definition) is 5. The predicted molar refractivity (Wildman–Crippen MR) is 88.8 cm³/mol. The molecule has 0 radical (unpaired) electrons. The standard InChI is InChI=1S/C14H23N5O3.ClH/c1-9-8-12(4-6-15-9)16-13(20)5-7-18-11(3)14(19(21)22)10(2)17-18;/h9,12,15H,4-8H2,1-3H3,(H,16,20);1H. The van der Waals surface area contributed by atoms with Crippen molar-refractivity contribution in [3.05, 3.63) is 21.5 Å². The SMILES string of the molecule is Cc1nn(CCC(=O)NC2CCNC(C)C2)c(C)c1[N+](=O)[O-].Cl. The minimum absolute atomic E-state index is 0. The molecular formula is C14H24ClN5O3. The van der Waals surface area contributed by atoms with E-state index in [2.05, 4.69) is 22.7 Å². The fourth-order valence-electron chi connectivity index (χ4n) is 2.94. The predicted octanol–water partition coefficient (Wildman–Crippen LogP) is 1.48. The lowest BCUT2D eigenvalue weighted by Gasteiger charge is -2.28. The fourth-order valence-corrected chi connectivity index (χ4v) is 2.94. The Kier molecular flexibility index (Phi) is 6.96. The van der Waals surface area contributed by atoms with Crippen LogP contribution in [-0.2, 0) is 11.3 Å². The van der Waals surface area contributed by atoms with Crippen LogP contribution in [0.3, 0.4) is 0 Å². The van der Waals surface area contributed by atoms with Crippen LogP contribution >= 0.6 is 12.4 Å². The van der Waals surface area contributed by atoms with E-state index < -0.39 is 4.92 Å². The Labute approximate surface area is 141 Å². The summed E-state index contributed by atoms with van der Waals surface area (Å²) in [4.78, 5) is 22.6. The van der Waals surface area contributed by atoms with Crippen molar-refractivity contribution in [3.63, 3.8) is 0 Å². The number of amides is 1. The van der Waals surface area contributed by atoms with E-state index in [-0.39, 0.29) is 36.5 Å². The number of carbonyl (C=O) groups is 1. The summed E-state index contributed by atoms with van der Waals surface area (Å²) in [5.74, 6) is -0.0330. The summed E-state index contributed by atoms with van der Waals surface area (Å²) in [5, 5.41) is 21.5. The lowest BCUT2D eigenvalue weighted by Crippen LogP contribution is -2.46. The van der Waals surface area contributed by atoms with Gasteiger partial charge in [0.05, 0.1) is 11.5 Å². The lowest BCUT2D eigenvalue weighted by molar-refractivity contribution is -0.386. The van der Waals surface area contributed by atoms with Crippen molar-refractivity contribution in [2.45, 2.75) is 58.7 Å². The van der Waals surface area contributed by atoms with Crippen LogP contribution in [0.2, 0.25) is 0 Å². The molecule has 130 valence electrons. The topological polar surface area (TPSA) is 102 Å². The number of rotatable bonds is 5. The van der Waals surface area contributed by atoms with Gasteiger partial charge in [0, 0.05) is 18.5 Å². The molecule has 8 nitrogen and oxygen atoms in total. The van der Waals surface area contributed by atoms with Gasteiger partial charge in [0.15, 0.2) is 0 Å². The van der Waals surface area contributed by atoms with Crippen molar-refractivity contribution in [2.24, 2.45) is 0 Å². The average molecular weight is 346 g/mol. The highest BCUT2D eigenvalue weighted by Crippen LogP contribution is 2.21. The molecule has 9 heteroatoms. The molecule has 2 rings (SSSR count). The molecule has 0 spiro atoms. The van der Waals surface area contributed by atoms with Crippen molar-refractivity contribution in [1.82, 2.24) is 20.4 Å². The largest absolute Gasteiger partial charge is 0.353 e. The van der Waals surface area contributed by atoms with Crippen molar-refractivity contribution in [1.29, 1.82) is 0 Å². The van der Waals surface area contributed by atoms with Gasteiger partial charge in [-0.3, -0.25) is 19.6 Å². The molecular weight excluding hydrogens is 322 g/mol. The third-order valence-electron chi connectivity index (χ3n) is 4.07. The molecule has 1 aliphatic rings. The van der Waals surface area contributed by atoms with Gasteiger partial charge in [0.2, 0.25) is 5.91 Å². The molecule has 1 aromatic rings. The molecule has 23 heavy (non-hydrogen) atoms. The first-order valence-corrected chi connectivity index (χ1v) is 7.59. The first kappa shape index (κ1) is 19.4. The molecule has 0 bridgehead atoms. The summed E-state index contributed by atoms with van der Waals surface area (Å²) in [5.41, 5.74) is 0.911. The van der Waals surface area contributed by atoms with E-state index in [0.717, 1.165) is 19.4 Å². The van der Waals surface area contributed by atoms with Gasteiger partial charge >= 0.3 is 5.69 Å². The van der Waals surface area contributed by atoms with Crippen LogP contribution in [0, 0.1) is 24.0 Å². The number of hydrogen-bond donors (Lipinski definition) is 2. The van der Waals surface area contributed by atoms with Gasteiger partial charge in [0.25, 0.3) is 0 Å². The van der Waals surface area contributed by atoms with Gasteiger partial charge in [-0.1, -0.05) is 0 Å². The highest BCUT2D eigenvalue weighted by Gasteiger charge is 2.23. The van der Waals surface area contributed by atoms with Crippen LogP contribution in [0.1, 0.15) is 37.6 Å². The van der Waals surface area contributed by atoms with Crippen LogP contribution in [-0.4, -0.2) is 39.2 Å². The molecule has 0 aliphatic carbocycles. The van der Waals surface area contributed by atoms with Crippen LogP contribution in [0.25, 0.3) is 0 Å². The summed E-state index contributed by atoms with van der Waals surface area (Å²) in [6.45, 7) is 6.64. The van der Waals surface area contributed by atoms with Crippen molar-refractivity contribution in [2.75, 3.05) is 6.54 Å². The van der Waals surface area contributed by atoms with Crippen molar-refractivity contribution < 1.29 is 9.72 Å². The molecule has 2 N–H and O–H groups in total. The highest BCUT2D eigenvalue weighted by atomic mass is 35.5. The van der Waals surface area contributed by atoms with E-state index in [1.165, 1.54) is 4.68 Å². The van der Waals surface area contributed by atoms with E-state index in [1.54, 1.807) is 13.8 Å². The molecule has 1 aromatic heterocycles. The molecule has 1 aliphatic heterocycles. The molecule has 0 saturated carbocycles. The van der Waals surface area contributed by atoms with Crippen LogP contribution in [0.15, 0.2) is 0 Å². The summed E-state index contributed by atoms with van der Waals surface area (Å²) in [6.07, 6.45) is 2.13. The van der Waals surface area contributed by atoms with Gasteiger partial charge in [0.1, 0.15) is 11.4 Å². The van der Waals surface area contributed by atoms with Gasteiger partial charge in [-0.2, -0.15) is 5.10 Å². The number of halogens is 1. The van der Waals surface area contributed by atoms with Crippen LogP contribution in [0.5, 0.6) is 0 Å². The van der Waals surface area contributed by atoms with E-state index in [4.69, 9.17) is 0 Å². The smallest absolute Gasteiger partial charge is 0.312 e. The van der Waals surface area contributed by atoms with Gasteiger partial charge < -0.3 is 10.6 Å². The first-order valence-electron chi connectivity index (χ1n) is 7.59. The van der Waals surface area contributed by atoms with E-state index in [0.29, 0.717) is 24.0 Å². The Morgan fingerprint density at radius 1 is 1.52 bits per heavy atom. The van der Waals surface area contributed by atoms with Gasteiger partial charge in [-0.25, -0.2) is 0 Å². The molecule has 1 amide bonds. The Bertz CT molecular complexity index is 575. The second-order valence-corrected chi connectivity index (χ2v) is 5.89. The molecule has 2 unspecified atom stereocenters. The van der Waals surface area contributed by atoms with E-state index >= 15 is 0 Å². The third-order valence-corrected chi connectivity index (χ3v) is 4.07. The minimum atomic E-state index is -0.426. The average Bonchev–Trinajstić information content (AvgIpc) is 2.71. The zero-order chi connectivity index (χ0) is 16.3. The molecule has 1 fully saturated rings. The molecule has 1 saturated heterocycles. The van der Waals surface area contributed by atoms with Crippen LogP contribution < -0.4 is 10.6 Å². The van der Waals surface area contributed by atoms with E-state index in [9.17, 15) is 14.9 Å². The summed E-state index contributed by atoms with van der Waals surface area (Å²) in [7, 11) is 0. The summed E-state index contributed by atoms with van der Waals surface area (Å²) >= 11 is 0. The maximum absolute atomic E-state index is 12.0. The van der Waals surface area contributed by atoms with E-state index in [1.807, 2.05) is 0 Å². The zero-order valence-corrected chi connectivity index (χ0v) is 14.5. The zero-order valence-electron chi connectivity index (χ0n) is 13.7. The molecule has 0 aromatic carbocycles. The number of carbonyl (C=O) groups excluding carboxylic acids is 1. The second kappa shape index (κ2) is 8.26. The Morgan fingerprint density at radius 3 is 2.78 bits per heavy atom. The number of nitrogens with one attached hydrogen (secondary N) is 2. The summed E-state index contributed by atoms with van der Waals surface area (Å²) < 4.78 is 1.54. The minimum Gasteiger partial charge on any atom is -0.353 e. The number of aromatic nitrogens is 2. The fraction of sp³-hybridized carbons (Fsp3) is 0.714. The molecule has 2 heterocycles. The van der Waals surface area contributed by atoms with Crippen molar-refractivity contribution in [3.8, 4) is 0 Å². The van der Waals surface area contributed by atoms with Crippen molar-refractivity contribution >= 4 is 24.0 Å². The Morgan fingerprint density at radius 2 is 2.22 bits per heavy atom. The highest BCUT2D eigenvalue weighted by molar-refractivity contribution is 5.85.